The molecule has 220 valence electrons. The van der Waals surface area contributed by atoms with Crippen LogP contribution in [0.15, 0.2) is 83.0 Å². The maximum Gasteiger partial charge on any atom is 0.321 e. The fourth-order valence-electron chi connectivity index (χ4n) is 5.26. The number of azide groups is 2. The number of carbonyl (C=O) groups is 2. The van der Waals surface area contributed by atoms with Crippen molar-refractivity contribution in [3.8, 4) is 0 Å². The van der Waals surface area contributed by atoms with Crippen molar-refractivity contribution in [1.29, 1.82) is 0 Å². The summed E-state index contributed by atoms with van der Waals surface area (Å²) in [6.07, 6.45) is 0. The Balaban J connectivity index is 1.04. The van der Waals surface area contributed by atoms with Crippen LogP contribution in [0.25, 0.3) is 20.9 Å². The molecule has 3 aromatic rings. The molecule has 0 atom stereocenters. The fraction of sp³-hybridized carbons (Fsp3) is 0.333. The van der Waals surface area contributed by atoms with Crippen molar-refractivity contribution in [2.24, 2.45) is 10.2 Å². The summed E-state index contributed by atoms with van der Waals surface area (Å²) < 4.78 is 0. The van der Waals surface area contributed by atoms with Gasteiger partial charge in [0.2, 0.25) is 0 Å². The Labute approximate surface area is 249 Å². The van der Waals surface area contributed by atoms with Crippen LogP contribution in [0.1, 0.15) is 21.5 Å². The van der Waals surface area contributed by atoms with Crippen molar-refractivity contribution in [2.75, 3.05) is 57.7 Å². The minimum atomic E-state index is -0.152. The van der Waals surface area contributed by atoms with Crippen LogP contribution in [-0.4, -0.2) is 83.9 Å². The normalized spacial score (nSPS) is 15.7. The van der Waals surface area contributed by atoms with Crippen LogP contribution < -0.4 is 5.32 Å². The molecule has 2 aliphatic heterocycles. The highest BCUT2D eigenvalue weighted by molar-refractivity contribution is 5.95. The Morgan fingerprint density at radius 2 is 1.07 bits per heavy atom. The standard InChI is InChI=1S/C30H33N11O2/c31-36-34-27-7-1-23(2-8-27)21-38-13-17-40(18-14-38)29(42)25-5-11-26(12-6-25)33-30(43)41-19-15-39(16-20-41)22-24-3-9-28(10-4-24)35-37-32/h1-12H,13-22H2,(H,33,43). The second kappa shape index (κ2) is 14.2. The third-order valence-corrected chi connectivity index (χ3v) is 7.71. The van der Waals surface area contributed by atoms with E-state index in [4.69, 9.17) is 11.1 Å². The van der Waals surface area contributed by atoms with E-state index in [9.17, 15) is 9.59 Å². The van der Waals surface area contributed by atoms with Crippen LogP contribution in [0.2, 0.25) is 0 Å². The molecule has 0 unspecified atom stereocenters. The molecule has 13 nitrogen and oxygen atoms in total. The van der Waals surface area contributed by atoms with Crippen LogP contribution in [-0.2, 0) is 13.1 Å². The van der Waals surface area contributed by atoms with Gasteiger partial charge in [0.05, 0.1) is 0 Å². The summed E-state index contributed by atoms with van der Waals surface area (Å²) in [6.45, 7) is 7.12. The number of nitrogens with zero attached hydrogens (tertiary/aromatic N) is 10. The summed E-state index contributed by atoms with van der Waals surface area (Å²) in [5, 5.41) is 10.2. The molecule has 2 heterocycles. The Hall–Kier alpha value is -5.06. The first-order valence-electron chi connectivity index (χ1n) is 14.2. The molecule has 0 bridgehead atoms. The molecule has 3 amide bonds. The molecule has 0 aliphatic carbocycles. The minimum absolute atomic E-state index is 0.0141. The number of hydrogen-bond acceptors (Lipinski definition) is 6. The number of benzene rings is 3. The summed E-state index contributed by atoms with van der Waals surface area (Å²) in [5.41, 5.74) is 21.8. The summed E-state index contributed by atoms with van der Waals surface area (Å²) >= 11 is 0. The zero-order valence-corrected chi connectivity index (χ0v) is 23.8. The smallest absolute Gasteiger partial charge is 0.321 e. The Bertz CT molecular complexity index is 1500. The summed E-state index contributed by atoms with van der Waals surface area (Å²) in [7, 11) is 0. The van der Waals surface area contributed by atoms with Gasteiger partial charge in [-0.2, -0.15) is 0 Å². The molecule has 5 rings (SSSR count). The van der Waals surface area contributed by atoms with Crippen LogP contribution in [0.4, 0.5) is 21.9 Å². The lowest BCUT2D eigenvalue weighted by atomic mass is 10.1. The second-order valence-corrected chi connectivity index (χ2v) is 10.6. The molecule has 43 heavy (non-hydrogen) atoms. The Morgan fingerprint density at radius 3 is 1.51 bits per heavy atom. The number of amides is 3. The van der Waals surface area contributed by atoms with Crippen molar-refractivity contribution in [2.45, 2.75) is 13.1 Å². The SMILES string of the molecule is [N-]=[N+]=Nc1ccc(CN2CCN(C(=O)Nc3ccc(C(=O)N4CCN(Cc5ccc(N=[N+]=[N-])cc5)CC4)cc3)CC2)cc1. The molecule has 0 saturated carbocycles. The number of anilines is 1. The molecule has 0 aromatic heterocycles. The largest absolute Gasteiger partial charge is 0.336 e. The molecule has 0 radical (unpaired) electrons. The van der Waals surface area contributed by atoms with E-state index in [0.717, 1.165) is 50.4 Å². The van der Waals surface area contributed by atoms with Crippen molar-refractivity contribution >= 4 is 29.0 Å². The molecule has 1 N–H and O–H groups in total. The van der Waals surface area contributed by atoms with E-state index >= 15 is 0 Å². The number of piperazine rings is 2. The molecular formula is C30H33N11O2. The number of urea groups is 1. The molecule has 2 aliphatic rings. The lowest BCUT2D eigenvalue weighted by molar-refractivity contribution is 0.0628. The summed E-state index contributed by atoms with van der Waals surface area (Å²) in [4.78, 5) is 39.8. The van der Waals surface area contributed by atoms with Crippen molar-refractivity contribution in [3.63, 3.8) is 0 Å². The van der Waals surface area contributed by atoms with Gasteiger partial charge in [-0.3, -0.25) is 14.6 Å². The van der Waals surface area contributed by atoms with Gasteiger partial charge in [0.15, 0.2) is 0 Å². The molecule has 13 heteroatoms. The predicted octanol–water partition coefficient (Wildman–Crippen LogP) is 5.88. The molecule has 2 fully saturated rings. The number of nitrogens with one attached hydrogen (secondary N) is 1. The highest BCUT2D eigenvalue weighted by atomic mass is 16.2. The van der Waals surface area contributed by atoms with Crippen LogP contribution in [0.5, 0.6) is 0 Å². The first-order chi connectivity index (χ1) is 21.0. The molecule has 2 saturated heterocycles. The average molecular weight is 580 g/mol. The first-order valence-corrected chi connectivity index (χ1v) is 14.2. The van der Waals surface area contributed by atoms with E-state index in [1.807, 2.05) is 29.2 Å². The summed E-state index contributed by atoms with van der Waals surface area (Å²) in [5.74, 6) is -0.0141. The zero-order valence-electron chi connectivity index (χ0n) is 23.8. The third-order valence-electron chi connectivity index (χ3n) is 7.71. The van der Waals surface area contributed by atoms with E-state index in [-0.39, 0.29) is 11.9 Å². The van der Waals surface area contributed by atoms with Gasteiger partial charge < -0.3 is 15.1 Å². The van der Waals surface area contributed by atoms with E-state index in [0.29, 0.717) is 48.8 Å². The van der Waals surface area contributed by atoms with Crippen molar-refractivity contribution in [1.82, 2.24) is 19.6 Å². The van der Waals surface area contributed by atoms with Gasteiger partial charge in [-0.15, -0.1) is 0 Å². The van der Waals surface area contributed by atoms with Gasteiger partial charge in [-0.1, -0.05) is 58.8 Å². The van der Waals surface area contributed by atoms with Crippen molar-refractivity contribution < 1.29 is 9.59 Å². The fourth-order valence-corrected chi connectivity index (χ4v) is 5.26. The Morgan fingerprint density at radius 1 is 0.628 bits per heavy atom. The third kappa shape index (κ3) is 8.03. The highest BCUT2D eigenvalue weighted by Gasteiger charge is 2.23. The van der Waals surface area contributed by atoms with Crippen LogP contribution in [0, 0.1) is 0 Å². The monoisotopic (exact) mass is 579 g/mol. The highest BCUT2D eigenvalue weighted by Crippen LogP contribution is 2.19. The van der Waals surface area contributed by atoms with Gasteiger partial charge in [0.1, 0.15) is 0 Å². The number of rotatable bonds is 8. The Kier molecular flexibility index (Phi) is 9.73. The van der Waals surface area contributed by atoms with E-state index < -0.39 is 0 Å². The van der Waals surface area contributed by atoms with Gasteiger partial charge in [0.25, 0.3) is 5.91 Å². The maximum absolute atomic E-state index is 13.1. The van der Waals surface area contributed by atoms with Gasteiger partial charge in [0, 0.05) is 97.9 Å². The number of carbonyl (C=O) groups excluding carboxylic acids is 2. The second-order valence-electron chi connectivity index (χ2n) is 10.6. The van der Waals surface area contributed by atoms with Crippen LogP contribution >= 0.6 is 0 Å². The van der Waals surface area contributed by atoms with Crippen LogP contribution in [0.3, 0.4) is 0 Å². The molecular weight excluding hydrogens is 546 g/mol. The predicted molar refractivity (Wildman–Crippen MR) is 164 cm³/mol. The molecule has 3 aromatic carbocycles. The zero-order chi connectivity index (χ0) is 30.0. The van der Waals surface area contributed by atoms with E-state index in [2.05, 4.69) is 35.2 Å². The lowest BCUT2D eigenvalue weighted by Crippen LogP contribution is -2.49. The van der Waals surface area contributed by atoms with Gasteiger partial charge >= 0.3 is 6.03 Å². The quantitative estimate of drug-likeness (QED) is 0.201. The van der Waals surface area contributed by atoms with E-state index in [1.54, 1.807) is 53.4 Å². The first kappa shape index (κ1) is 29.4. The topological polar surface area (TPSA) is 157 Å². The van der Waals surface area contributed by atoms with E-state index in [1.165, 1.54) is 0 Å². The average Bonchev–Trinajstić information content (AvgIpc) is 3.04. The minimum Gasteiger partial charge on any atom is -0.336 e. The number of hydrogen-bond donors (Lipinski definition) is 1. The van der Waals surface area contributed by atoms with Crippen molar-refractivity contribution in [3.05, 3.63) is 110 Å². The lowest BCUT2D eigenvalue weighted by Gasteiger charge is -2.35. The molecule has 0 spiro atoms. The summed E-state index contributed by atoms with van der Waals surface area (Å²) in [6, 6.07) is 22.0. The maximum atomic E-state index is 13.1. The van der Waals surface area contributed by atoms with Gasteiger partial charge in [-0.05, 0) is 46.5 Å². The van der Waals surface area contributed by atoms with Gasteiger partial charge in [-0.25, -0.2) is 4.79 Å².